The van der Waals surface area contributed by atoms with Crippen LogP contribution in [0.15, 0.2) is 72.8 Å². The zero-order valence-electron chi connectivity index (χ0n) is 11.8. The second-order valence-corrected chi connectivity index (χ2v) is 4.83. The maximum atomic E-state index is 9.98. The van der Waals surface area contributed by atoms with Crippen LogP contribution in [0.4, 0.5) is 0 Å². The number of rotatable bonds is 3. The Morgan fingerprint density at radius 2 is 1.43 bits per heavy atom. The lowest BCUT2D eigenvalue weighted by molar-refractivity contribution is 0.415. The molecule has 3 aromatic rings. The molecule has 0 aliphatic rings. The summed E-state index contributed by atoms with van der Waals surface area (Å²) in [7, 11) is 1.66. The predicted molar refractivity (Wildman–Crippen MR) is 85.5 cm³/mol. The van der Waals surface area contributed by atoms with E-state index in [4.69, 9.17) is 4.74 Å². The second kappa shape index (κ2) is 5.71. The van der Waals surface area contributed by atoms with E-state index >= 15 is 0 Å². The molecule has 0 aliphatic heterocycles. The van der Waals surface area contributed by atoms with Gasteiger partial charge in [0.05, 0.1) is 7.11 Å². The van der Waals surface area contributed by atoms with E-state index in [-0.39, 0.29) is 0 Å². The lowest BCUT2D eigenvalue weighted by Crippen LogP contribution is -1.84. The van der Waals surface area contributed by atoms with Crippen LogP contribution in [0.2, 0.25) is 0 Å². The first-order chi connectivity index (χ1) is 10.3. The molecule has 0 radical (unpaired) electrons. The van der Waals surface area contributed by atoms with Crippen LogP contribution >= 0.6 is 0 Å². The van der Waals surface area contributed by atoms with Gasteiger partial charge in [-0.15, -0.1) is 0 Å². The molecule has 0 saturated carbocycles. The van der Waals surface area contributed by atoms with E-state index in [1.54, 1.807) is 13.2 Å². The van der Waals surface area contributed by atoms with Gasteiger partial charge in [-0.25, -0.2) is 0 Å². The van der Waals surface area contributed by atoms with Crippen molar-refractivity contribution in [2.45, 2.75) is 0 Å². The molecule has 0 aromatic heterocycles. The van der Waals surface area contributed by atoms with Gasteiger partial charge in [-0.05, 0) is 41.0 Å². The summed E-state index contributed by atoms with van der Waals surface area (Å²) in [5.74, 6) is 1.14. The lowest BCUT2D eigenvalue weighted by atomic mass is 9.98. The lowest BCUT2D eigenvalue weighted by Gasteiger charge is -2.08. The van der Waals surface area contributed by atoms with Crippen molar-refractivity contribution in [3.05, 3.63) is 72.8 Å². The topological polar surface area (TPSA) is 29.5 Å². The van der Waals surface area contributed by atoms with E-state index in [0.29, 0.717) is 5.75 Å². The summed E-state index contributed by atoms with van der Waals surface area (Å²) in [5, 5.41) is 9.98. The van der Waals surface area contributed by atoms with Crippen LogP contribution in [-0.2, 0) is 0 Å². The molecule has 0 spiro atoms. The Hall–Kier alpha value is -2.74. The molecule has 0 unspecified atom stereocenters. The first-order valence-corrected chi connectivity index (χ1v) is 6.81. The SMILES string of the molecule is COc1ccc(-c2cccc(-c3ccccc3O)c2)cc1. The molecule has 0 bridgehead atoms. The van der Waals surface area contributed by atoms with Crippen LogP contribution < -0.4 is 4.74 Å². The Labute approximate surface area is 124 Å². The highest BCUT2D eigenvalue weighted by molar-refractivity contribution is 5.76. The average molecular weight is 276 g/mol. The molecule has 0 heterocycles. The van der Waals surface area contributed by atoms with Crippen molar-refractivity contribution in [3.8, 4) is 33.8 Å². The quantitative estimate of drug-likeness (QED) is 0.749. The second-order valence-electron chi connectivity index (χ2n) is 4.83. The summed E-state index contributed by atoms with van der Waals surface area (Å²) in [6.07, 6.45) is 0. The number of aromatic hydroxyl groups is 1. The summed E-state index contributed by atoms with van der Waals surface area (Å²) < 4.78 is 5.18. The van der Waals surface area contributed by atoms with Crippen molar-refractivity contribution in [1.82, 2.24) is 0 Å². The van der Waals surface area contributed by atoms with Crippen molar-refractivity contribution in [2.24, 2.45) is 0 Å². The van der Waals surface area contributed by atoms with Gasteiger partial charge in [0.1, 0.15) is 11.5 Å². The maximum Gasteiger partial charge on any atom is 0.123 e. The smallest absolute Gasteiger partial charge is 0.123 e. The Bertz CT molecular complexity index is 746. The third kappa shape index (κ3) is 2.75. The number of hydrogen-bond acceptors (Lipinski definition) is 2. The number of methoxy groups -OCH3 is 1. The third-order valence-corrected chi connectivity index (χ3v) is 3.50. The van der Waals surface area contributed by atoms with Crippen LogP contribution in [-0.4, -0.2) is 12.2 Å². The van der Waals surface area contributed by atoms with E-state index in [1.165, 1.54) is 0 Å². The Kier molecular flexibility index (Phi) is 3.61. The minimum Gasteiger partial charge on any atom is -0.507 e. The molecule has 0 fully saturated rings. The number of benzene rings is 3. The zero-order chi connectivity index (χ0) is 14.7. The highest BCUT2D eigenvalue weighted by Gasteiger charge is 2.05. The highest BCUT2D eigenvalue weighted by atomic mass is 16.5. The van der Waals surface area contributed by atoms with Crippen molar-refractivity contribution >= 4 is 0 Å². The normalized spacial score (nSPS) is 10.3. The Morgan fingerprint density at radius 3 is 2.14 bits per heavy atom. The fourth-order valence-corrected chi connectivity index (χ4v) is 2.37. The number of phenolic OH excluding ortho intramolecular Hbond substituents is 1. The Balaban J connectivity index is 2.02. The minimum absolute atomic E-state index is 0.296. The fraction of sp³-hybridized carbons (Fsp3) is 0.0526. The van der Waals surface area contributed by atoms with E-state index in [9.17, 15) is 5.11 Å². The molecular formula is C19H16O2. The van der Waals surface area contributed by atoms with Gasteiger partial charge in [0.15, 0.2) is 0 Å². The summed E-state index contributed by atoms with van der Waals surface area (Å²) in [5.41, 5.74) is 4.07. The van der Waals surface area contributed by atoms with E-state index < -0.39 is 0 Å². The Morgan fingerprint density at radius 1 is 0.714 bits per heavy atom. The summed E-state index contributed by atoms with van der Waals surface area (Å²) in [4.78, 5) is 0. The van der Waals surface area contributed by atoms with Crippen molar-refractivity contribution in [2.75, 3.05) is 7.11 Å². The van der Waals surface area contributed by atoms with Gasteiger partial charge < -0.3 is 9.84 Å². The molecule has 104 valence electrons. The molecular weight excluding hydrogens is 260 g/mol. The minimum atomic E-state index is 0.296. The van der Waals surface area contributed by atoms with Crippen molar-refractivity contribution in [1.29, 1.82) is 0 Å². The third-order valence-electron chi connectivity index (χ3n) is 3.50. The number of para-hydroxylation sites is 1. The maximum absolute atomic E-state index is 9.98. The molecule has 1 N–H and O–H groups in total. The van der Waals surface area contributed by atoms with Gasteiger partial charge in [0, 0.05) is 5.56 Å². The molecule has 2 nitrogen and oxygen atoms in total. The van der Waals surface area contributed by atoms with Crippen LogP contribution in [0.1, 0.15) is 0 Å². The number of ether oxygens (including phenoxy) is 1. The summed E-state index contributed by atoms with van der Waals surface area (Å²) in [6, 6.07) is 23.5. The fourth-order valence-electron chi connectivity index (χ4n) is 2.37. The van der Waals surface area contributed by atoms with Crippen LogP contribution in [0.5, 0.6) is 11.5 Å². The first-order valence-electron chi connectivity index (χ1n) is 6.81. The van der Waals surface area contributed by atoms with Gasteiger partial charge >= 0.3 is 0 Å². The zero-order valence-corrected chi connectivity index (χ0v) is 11.8. The molecule has 3 rings (SSSR count). The molecule has 0 saturated heterocycles. The monoisotopic (exact) mass is 276 g/mol. The molecule has 3 aromatic carbocycles. The summed E-state index contributed by atoms with van der Waals surface area (Å²) >= 11 is 0. The molecule has 0 amide bonds. The van der Waals surface area contributed by atoms with Gasteiger partial charge in [-0.2, -0.15) is 0 Å². The number of phenols is 1. The van der Waals surface area contributed by atoms with Crippen LogP contribution in [0, 0.1) is 0 Å². The standard InChI is InChI=1S/C19H16O2/c1-21-17-11-9-14(10-12-17)15-5-4-6-16(13-15)18-7-2-3-8-19(18)20/h2-13,20H,1H3. The highest BCUT2D eigenvalue weighted by Crippen LogP contribution is 2.32. The average Bonchev–Trinajstić information content (AvgIpc) is 2.55. The van der Waals surface area contributed by atoms with Crippen molar-refractivity contribution in [3.63, 3.8) is 0 Å². The van der Waals surface area contributed by atoms with Crippen LogP contribution in [0.3, 0.4) is 0 Å². The van der Waals surface area contributed by atoms with Crippen LogP contribution in [0.25, 0.3) is 22.3 Å². The van der Waals surface area contributed by atoms with E-state index in [2.05, 4.69) is 12.1 Å². The predicted octanol–water partition coefficient (Wildman–Crippen LogP) is 4.73. The molecule has 0 aliphatic carbocycles. The largest absolute Gasteiger partial charge is 0.507 e. The first kappa shape index (κ1) is 13.3. The van der Waals surface area contributed by atoms with Crippen molar-refractivity contribution < 1.29 is 9.84 Å². The molecule has 2 heteroatoms. The van der Waals surface area contributed by atoms with Gasteiger partial charge in [0.2, 0.25) is 0 Å². The molecule has 21 heavy (non-hydrogen) atoms. The summed E-state index contributed by atoms with van der Waals surface area (Å²) in [6.45, 7) is 0. The van der Waals surface area contributed by atoms with Gasteiger partial charge in [-0.1, -0.05) is 48.5 Å². The van der Waals surface area contributed by atoms with E-state index in [0.717, 1.165) is 28.0 Å². The van der Waals surface area contributed by atoms with Gasteiger partial charge in [-0.3, -0.25) is 0 Å². The number of hydrogen-bond donors (Lipinski definition) is 1. The van der Waals surface area contributed by atoms with E-state index in [1.807, 2.05) is 54.6 Å². The molecule has 0 atom stereocenters. The van der Waals surface area contributed by atoms with Gasteiger partial charge in [0.25, 0.3) is 0 Å².